The predicted octanol–water partition coefficient (Wildman–Crippen LogP) is 0.385. The maximum absolute atomic E-state index is 11.0. The van der Waals surface area contributed by atoms with Gasteiger partial charge >= 0.3 is 5.97 Å². The maximum atomic E-state index is 11.0. The first-order valence-corrected chi connectivity index (χ1v) is 4.17. The lowest BCUT2D eigenvalue weighted by Gasteiger charge is -2.00. The number of amides is 1. The van der Waals surface area contributed by atoms with E-state index < -0.39 is 18.3 Å². The highest BCUT2D eigenvalue weighted by atomic mass is 16.4. The quantitative estimate of drug-likeness (QED) is 0.608. The number of carbonyl (C=O) groups is 2. The second-order valence-corrected chi connectivity index (χ2v) is 2.73. The van der Waals surface area contributed by atoms with Crippen molar-refractivity contribution in [2.45, 2.75) is 19.8 Å². The van der Waals surface area contributed by atoms with Crippen LogP contribution in [-0.2, 0) is 16.0 Å². The minimum atomic E-state index is -1.16. The Balaban J connectivity index is 2.60. The molecular formula is C8H11N3O3. The average molecular weight is 197 g/mol. The Morgan fingerprint density at radius 1 is 1.64 bits per heavy atom. The van der Waals surface area contributed by atoms with Crippen molar-refractivity contribution in [1.29, 1.82) is 0 Å². The Labute approximate surface area is 80.3 Å². The molecule has 0 saturated heterocycles. The van der Waals surface area contributed by atoms with Crippen LogP contribution in [0.15, 0.2) is 6.20 Å². The Morgan fingerprint density at radius 2 is 2.36 bits per heavy atom. The van der Waals surface area contributed by atoms with E-state index in [-0.39, 0.29) is 0 Å². The fourth-order valence-corrected chi connectivity index (χ4v) is 1.01. The van der Waals surface area contributed by atoms with Crippen molar-refractivity contribution < 1.29 is 14.7 Å². The number of anilines is 1. The summed E-state index contributed by atoms with van der Waals surface area (Å²) in [5.74, 6) is -1.32. The molecule has 0 saturated carbocycles. The summed E-state index contributed by atoms with van der Waals surface area (Å²) in [6.07, 6.45) is 1.84. The Hall–Kier alpha value is -1.85. The van der Waals surface area contributed by atoms with Crippen LogP contribution in [0.5, 0.6) is 0 Å². The van der Waals surface area contributed by atoms with Crippen LogP contribution in [0.1, 0.15) is 18.9 Å². The molecule has 0 atom stereocenters. The second-order valence-electron chi connectivity index (χ2n) is 2.73. The lowest BCUT2D eigenvalue weighted by molar-refractivity contribution is -0.139. The first-order chi connectivity index (χ1) is 6.63. The standard InChI is InChI=1S/C8H11N3O3/c1-2-5-4-9-11-8(5)10-6(12)3-7(13)14/h4H,2-3H2,1H3,(H,13,14)(H2,9,10,11,12). The van der Waals surface area contributed by atoms with Crippen LogP contribution in [0.3, 0.4) is 0 Å². The number of hydrogen-bond acceptors (Lipinski definition) is 3. The predicted molar refractivity (Wildman–Crippen MR) is 48.8 cm³/mol. The van der Waals surface area contributed by atoms with E-state index in [1.807, 2.05) is 6.92 Å². The number of H-pyrrole nitrogens is 1. The average Bonchev–Trinajstić information content (AvgIpc) is 2.50. The summed E-state index contributed by atoms with van der Waals surface area (Å²) < 4.78 is 0. The number of carboxylic acid groups (broad SMARTS) is 1. The minimum Gasteiger partial charge on any atom is -0.481 e. The van der Waals surface area contributed by atoms with E-state index in [9.17, 15) is 9.59 Å². The molecule has 0 aromatic carbocycles. The summed E-state index contributed by atoms with van der Waals surface area (Å²) in [6, 6.07) is 0. The second kappa shape index (κ2) is 4.40. The Bertz CT molecular complexity index is 345. The number of rotatable bonds is 4. The molecule has 6 heteroatoms. The number of aromatic nitrogens is 2. The number of aryl methyl sites for hydroxylation is 1. The van der Waals surface area contributed by atoms with Gasteiger partial charge in [-0.2, -0.15) is 5.10 Å². The van der Waals surface area contributed by atoms with Crippen molar-refractivity contribution in [3.05, 3.63) is 11.8 Å². The van der Waals surface area contributed by atoms with Gasteiger partial charge in [-0.1, -0.05) is 6.92 Å². The highest BCUT2D eigenvalue weighted by Crippen LogP contribution is 2.11. The normalized spacial score (nSPS) is 9.79. The van der Waals surface area contributed by atoms with Crippen LogP contribution in [-0.4, -0.2) is 27.2 Å². The van der Waals surface area contributed by atoms with Gasteiger partial charge in [0.1, 0.15) is 6.42 Å². The number of aliphatic carboxylic acids is 1. The van der Waals surface area contributed by atoms with Crippen LogP contribution >= 0.6 is 0 Å². The fourth-order valence-electron chi connectivity index (χ4n) is 1.01. The number of carbonyl (C=O) groups excluding carboxylic acids is 1. The Morgan fingerprint density at radius 3 is 2.93 bits per heavy atom. The molecule has 0 unspecified atom stereocenters. The van der Waals surface area contributed by atoms with Crippen LogP contribution in [0.25, 0.3) is 0 Å². The van der Waals surface area contributed by atoms with Crippen LogP contribution in [0.2, 0.25) is 0 Å². The highest BCUT2D eigenvalue weighted by Gasteiger charge is 2.11. The zero-order valence-corrected chi connectivity index (χ0v) is 7.70. The molecule has 0 aliphatic rings. The van der Waals surface area contributed by atoms with Crippen molar-refractivity contribution in [3.63, 3.8) is 0 Å². The number of carboxylic acids is 1. The first kappa shape index (κ1) is 10.2. The molecule has 0 spiro atoms. The molecule has 0 radical (unpaired) electrons. The van der Waals surface area contributed by atoms with E-state index in [0.29, 0.717) is 5.82 Å². The zero-order chi connectivity index (χ0) is 10.6. The third-order valence-electron chi connectivity index (χ3n) is 1.67. The molecule has 1 amide bonds. The maximum Gasteiger partial charge on any atom is 0.312 e. The monoisotopic (exact) mass is 197 g/mol. The number of hydrogen-bond donors (Lipinski definition) is 3. The molecular weight excluding hydrogens is 186 g/mol. The summed E-state index contributed by atoms with van der Waals surface area (Å²) in [5.41, 5.74) is 0.851. The van der Waals surface area contributed by atoms with Crippen molar-refractivity contribution in [1.82, 2.24) is 10.2 Å². The van der Waals surface area contributed by atoms with Gasteiger partial charge in [-0.05, 0) is 6.42 Å². The smallest absolute Gasteiger partial charge is 0.312 e. The molecule has 6 nitrogen and oxygen atoms in total. The topological polar surface area (TPSA) is 95.1 Å². The molecule has 1 aromatic heterocycles. The van der Waals surface area contributed by atoms with E-state index in [0.717, 1.165) is 12.0 Å². The lowest BCUT2D eigenvalue weighted by atomic mass is 10.2. The van der Waals surface area contributed by atoms with Crippen LogP contribution in [0, 0.1) is 0 Å². The summed E-state index contributed by atoms with van der Waals surface area (Å²) in [4.78, 5) is 21.2. The number of nitrogens with one attached hydrogen (secondary N) is 2. The largest absolute Gasteiger partial charge is 0.481 e. The van der Waals surface area contributed by atoms with Crippen LogP contribution in [0.4, 0.5) is 5.82 Å². The zero-order valence-electron chi connectivity index (χ0n) is 7.70. The van der Waals surface area contributed by atoms with Crippen molar-refractivity contribution in [2.24, 2.45) is 0 Å². The van der Waals surface area contributed by atoms with E-state index in [1.165, 1.54) is 0 Å². The Kier molecular flexibility index (Phi) is 3.22. The van der Waals surface area contributed by atoms with Gasteiger partial charge in [0.25, 0.3) is 0 Å². The third-order valence-corrected chi connectivity index (χ3v) is 1.67. The van der Waals surface area contributed by atoms with Gasteiger partial charge in [0.2, 0.25) is 5.91 Å². The van der Waals surface area contributed by atoms with Gasteiger partial charge in [0.15, 0.2) is 5.82 Å². The van der Waals surface area contributed by atoms with E-state index in [2.05, 4.69) is 15.5 Å². The minimum absolute atomic E-state index is 0.402. The molecule has 76 valence electrons. The van der Waals surface area contributed by atoms with Gasteiger partial charge in [0, 0.05) is 11.8 Å². The molecule has 0 aliphatic heterocycles. The number of aromatic amines is 1. The molecule has 0 bridgehead atoms. The molecule has 1 aromatic rings. The van der Waals surface area contributed by atoms with Gasteiger partial charge in [-0.15, -0.1) is 0 Å². The van der Waals surface area contributed by atoms with Crippen LogP contribution < -0.4 is 5.32 Å². The first-order valence-electron chi connectivity index (χ1n) is 4.17. The van der Waals surface area contributed by atoms with Gasteiger partial charge in [-0.25, -0.2) is 0 Å². The number of nitrogens with zero attached hydrogens (tertiary/aromatic N) is 1. The van der Waals surface area contributed by atoms with Gasteiger partial charge < -0.3 is 10.4 Å². The summed E-state index contributed by atoms with van der Waals surface area (Å²) in [6.45, 7) is 1.91. The molecule has 1 rings (SSSR count). The van der Waals surface area contributed by atoms with Gasteiger partial charge in [0.05, 0.1) is 0 Å². The van der Waals surface area contributed by atoms with Gasteiger partial charge in [-0.3, -0.25) is 14.7 Å². The molecule has 14 heavy (non-hydrogen) atoms. The highest BCUT2D eigenvalue weighted by molar-refractivity contribution is 6.01. The molecule has 0 fully saturated rings. The van der Waals surface area contributed by atoms with E-state index >= 15 is 0 Å². The third kappa shape index (κ3) is 2.58. The SMILES string of the molecule is CCc1c[nH]nc1NC(=O)CC(=O)O. The summed E-state index contributed by atoms with van der Waals surface area (Å²) >= 11 is 0. The molecule has 3 N–H and O–H groups in total. The van der Waals surface area contributed by atoms with Crippen molar-refractivity contribution >= 4 is 17.7 Å². The fraction of sp³-hybridized carbons (Fsp3) is 0.375. The van der Waals surface area contributed by atoms with E-state index in [4.69, 9.17) is 5.11 Å². The van der Waals surface area contributed by atoms with Crippen molar-refractivity contribution in [3.8, 4) is 0 Å². The summed E-state index contributed by atoms with van der Waals surface area (Å²) in [5, 5.41) is 17.1. The molecule has 1 heterocycles. The van der Waals surface area contributed by atoms with E-state index in [1.54, 1.807) is 6.20 Å². The lowest BCUT2D eigenvalue weighted by Crippen LogP contribution is -2.16. The molecule has 0 aliphatic carbocycles. The summed E-state index contributed by atoms with van der Waals surface area (Å²) in [7, 11) is 0. The van der Waals surface area contributed by atoms with Crippen molar-refractivity contribution in [2.75, 3.05) is 5.32 Å².